The first-order chi connectivity index (χ1) is 9.73. The summed E-state index contributed by atoms with van der Waals surface area (Å²) in [5, 5.41) is 0. The molecule has 1 heterocycles. The Balaban J connectivity index is 1.81. The van der Waals surface area contributed by atoms with Crippen LogP contribution < -0.4 is 0 Å². The van der Waals surface area contributed by atoms with Gasteiger partial charge in [0.1, 0.15) is 5.60 Å². The first-order valence-corrected chi connectivity index (χ1v) is 7.48. The lowest BCUT2D eigenvalue weighted by Gasteiger charge is -2.49. The zero-order valence-electron chi connectivity index (χ0n) is 13.4. The molecule has 0 aromatic heterocycles. The minimum atomic E-state index is -0.445. The van der Waals surface area contributed by atoms with Crippen molar-refractivity contribution in [3.63, 3.8) is 0 Å². The van der Waals surface area contributed by atoms with Crippen molar-refractivity contribution in [2.45, 2.75) is 52.1 Å². The summed E-state index contributed by atoms with van der Waals surface area (Å²) < 4.78 is 10.0. The fraction of sp³-hybridized carbons (Fsp3) is 0.750. The molecule has 2 rings (SSSR count). The molecule has 1 saturated heterocycles. The number of likely N-dealkylation sites (tertiary alicyclic amines) is 1. The summed E-state index contributed by atoms with van der Waals surface area (Å²) in [5.74, 6) is -0.272. The summed E-state index contributed by atoms with van der Waals surface area (Å²) >= 11 is 0. The summed E-state index contributed by atoms with van der Waals surface area (Å²) in [7, 11) is 1.40. The molecule has 1 saturated carbocycles. The number of rotatable bonds is 1. The number of carbonyl (C=O) groups is 2. The Morgan fingerprint density at radius 1 is 1.19 bits per heavy atom. The van der Waals surface area contributed by atoms with Crippen molar-refractivity contribution in [1.82, 2.24) is 4.90 Å². The molecule has 0 unspecified atom stereocenters. The van der Waals surface area contributed by atoms with Gasteiger partial charge in [-0.3, -0.25) is 0 Å². The van der Waals surface area contributed by atoms with E-state index >= 15 is 0 Å². The van der Waals surface area contributed by atoms with Crippen molar-refractivity contribution in [3.8, 4) is 0 Å². The lowest BCUT2D eigenvalue weighted by molar-refractivity contribution is -0.135. The van der Waals surface area contributed by atoms with Crippen LogP contribution in [0.2, 0.25) is 0 Å². The Morgan fingerprint density at radius 2 is 1.76 bits per heavy atom. The van der Waals surface area contributed by atoms with Gasteiger partial charge in [-0.25, -0.2) is 9.59 Å². The largest absolute Gasteiger partial charge is 0.466 e. The fourth-order valence-electron chi connectivity index (χ4n) is 3.08. The molecule has 0 radical (unpaired) electrons. The zero-order chi connectivity index (χ0) is 15.7. The van der Waals surface area contributed by atoms with Gasteiger partial charge >= 0.3 is 12.1 Å². The summed E-state index contributed by atoms with van der Waals surface area (Å²) in [6.07, 6.45) is 5.23. The van der Waals surface area contributed by atoms with E-state index < -0.39 is 5.60 Å². The smallest absolute Gasteiger partial charge is 0.410 e. The normalized spacial score (nSPS) is 20.8. The van der Waals surface area contributed by atoms with Gasteiger partial charge in [0.05, 0.1) is 7.11 Å². The molecule has 21 heavy (non-hydrogen) atoms. The van der Waals surface area contributed by atoms with Gasteiger partial charge in [0, 0.05) is 19.2 Å². The van der Waals surface area contributed by atoms with Crippen molar-refractivity contribution in [3.05, 3.63) is 11.6 Å². The summed E-state index contributed by atoms with van der Waals surface area (Å²) in [4.78, 5) is 25.0. The van der Waals surface area contributed by atoms with Gasteiger partial charge < -0.3 is 14.4 Å². The topological polar surface area (TPSA) is 55.8 Å². The summed E-state index contributed by atoms with van der Waals surface area (Å²) in [5.41, 5.74) is 0.991. The van der Waals surface area contributed by atoms with E-state index in [1.54, 1.807) is 11.0 Å². The lowest BCUT2D eigenvalue weighted by atomic mass is 9.60. The Bertz CT molecular complexity index is 443. The van der Waals surface area contributed by atoms with Gasteiger partial charge in [-0.15, -0.1) is 0 Å². The average Bonchev–Trinajstić information content (AvgIpc) is 2.35. The van der Waals surface area contributed by atoms with Crippen LogP contribution in [-0.2, 0) is 14.3 Å². The molecule has 1 spiro atoms. The molecule has 0 aromatic carbocycles. The Hall–Kier alpha value is -1.52. The maximum absolute atomic E-state index is 12.0. The maximum Gasteiger partial charge on any atom is 0.410 e. The van der Waals surface area contributed by atoms with Crippen LogP contribution >= 0.6 is 0 Å². The molecule has 2 aliphatic rings. The minimum Gasteiger partial charge on any atom is -0.466 e. The lowest BCUT2D eigenvalue weighted by Crippen LogP contribution is -2.48. The van der Waals surface area contributed by atoms with Gasteiger partial charge in [0.2, 0.25) is 0 Å². The highest BCUT2D eigenvalue weighted by atomic mass is 16.6. The van der Waals surface area contributed by atoms with Crippen LogP contribution in [0.4, 0.5) is 4.79 Å². The highest BCUT2D eigenvalue weighted by molar-refractivity contribution is 5.83. The van der Waals surface area contributed by atoms with Crippen LogP contribution in [-0.4, -0.2) is 42.8 Å². The number of allylic oxidation sites excluding steroid dienone is 1. The Morgan fingerprint density at radius 3 is 2.24 bits per heavy atom. The number of nitrogens with zero attached hydrogens (tertiary/aromatic N) is 1. The van der Waals surface area contributed by atoms with Gasteiger partial charge in [-0.05, 0) is 51.9 Å². The van der Waals surface area contributed by atoms with E-state index in [2.05, 4.69) is 4.74 Å². The van der Waals surface area contributed by atoms with Crippen molar-refractivity contribution in [2.24, 2.45) is 5.41 Å². The van der Waals surface area contributed by atoms with E-state index in [4.69, 9.17) is 4.74 Å². The van der Waals surface area contributed by atoms with Crippen LogP contribution in [0, 0.1) is 5.41 Å². The standard InChI is InChI=1S/C16H25NO4/c1-15(2,3)21-14(19)17-7-5-16(6-8-17)10-12(11-16)9-13(18)20-4/h9H,5-8,10-11H2,1-4H3. The van der Waals surface area contributed by atoms with Crippen LogP contribution in [0.1, 0.15) is 46.5 Å². The quantitative estimate of drug-likeness (QED) is 0.551. The average molecular weight is 295 g/mol. The molecule has 0 N–H and O–H groups in total. The highest BCUT2D eigenvalue weighted by Crippen LogP contribution is 2.52. The number of piperidine rings is 1. The monoisotopic (exact) mass is 295 g/mol. The van der Waals surface area contributed by atoms with E-state index in [-0.39, 0.29) is 17.5 Å². The molecule has 1 aliphatic carbocycles. The third-order valence-electron chi connectivity index (χ3n) is 4.20. The van der Waals surface area contributed by atoms with Crippen molar-refractivity contribution in [1.29, 1.82) is 0 Å². The first-order valence-electron chi connectivity index (χ1n) is 7.48. The molecule has 1 aliphatic heterocycles. The molecule has 0 aromatic rings. The van der Waals surface area contributed by atoms with E-state index in [0.29, 0.717) is 0 Å². The number of ether oxygens (including phenoxy) is 2. The van der Waals surface area contributed by atoms with Crippen molar-refractivity contribution in [2.75, 3.05) is 20.2 Å². The van der Waals surface area contributed by atoms with Crippen molar-refractivity contribution < 1.29 is 19.1 Å². The van der Waals surface area contributed by atoms with Gasteiger partial charge in [-0.2, -0.15) is 0 Å². The molecule has 118 valence electrons. The Kier molecular flexibility index (Phi) is 4.30. The SMILES string of the molecule is COC(=O)C=C1CC2(CCN(C(=O)OC(C)(C)C)CC2)C1. The number of hydrogen-bond donors (Lipinski definition) is 0. The second-order valence-corrected chi connectivity index (χ2v) is 7.15. The third kappa shape index (κ3) is 3.99. The highest BCUT2D eigenvalue weighted by Gasteiger charge is 2.44. The van der Waals surface area contributed by atoms with E-state index in [0.717, 1.165) is 44.3 Å². The van der Waals surface area contributed by atoms with Crippen molar-refractivity contribution >= 4 is 12.1 Å². The van der Waals surface area contributed by atoms with Crippen LogP contribution in [0.5, 0.6) is 0 Å². The van der Waals surface area contributed by atoms with Gasteiger partial charge in [-0.1, -0.05) is 5.57 Å². The minimum absolute atomic E-state index is 0.220. The molecular formula is C16H25NO4. The van der Waals surface area contributed by atoms with Gasteiger partial charge in [0.25, 0.3) is 0 Å². The molecule has 0 bridgehead atoms. The van der Waals surface area contributed by atoms with Crippen LogP contribution in [0.15, 0.2) is 11.6 Å². The molecule has 2 fully saturated rings. The second kappa shape index (κ2) is 5.70. The summed E-state index contributed by atoms with van der Waals surface area (Å²) in [6, 6.07) is 0. The van der Waals surface area contributed by atoms with Crippen LogP contribution in [0.3, 0.4) is 0 Å². The maximum atomic E-state index is 12.0. The zero-order valence-corrected chi connectivity index (χ0v) is 13.4. The molecular weight excluding hydrogens is 270 g/mol. The molecule has 5 heteroatoms. The first kappa shape index (κ1) is 15.9. The molecule has 0 atom stereocenters. The molecule has 5 nitrogen and oxygen atoms in total. The number of hydrogen-bond acceptors (Lipinski definition) is 4. The van der Waals surface area contributed by atoms with Crippen LogP contribution in [0.25, 0.3) is 0 Å². The number of amides is 1. The van der Waals surface area contributed by atoms with Gasteiger partial charge in [0.15, 0.2) is 0 Å². The van der Waals surface area contributed by atoms with E-state index in [1.165, 1.54) is 7.11 Å². The summed E-state index contributed by atoms with van der Waals surface area (Å²) in [6.45, 7) is 7.12. The Labute approximate surface area is 126 Å². The molecule has 1 amide bonds. The number of esters is 1. The number of carbonyl (C=O) groups excluding carboxylic acids is 2. The fourth-order valence-corrected chi connectivity index (χ4v) is 3.08. The van der Waals surface area contributed by atoms with E-state index in [9.17, 15) is 9.59 Å². The predicted molar refractivity (Wildman–Crippen MR) is 78.8 cm³/mol. The second-order valence-electron chi connectivity index (χ2n) is 7.15. The number of methoxy groups -OCH3 is 1. The predicted octanol–water partition coefficient (Wildman–Crippen LogP) is 2.90. The third-order valence-corrected chi connectivity index (χ3v) is 4.20. The van der Waals surface area contributed by atoms with E-state index in [1.807, 2.05) is 20.8 Å².